The molecule has 0 aromatic carbocycles. The maximum absolute atomic E-state index is 4.36. The molecule has 0 saturated heterocycles. The predicted octanol–water partition coefficient (Wildman–Crippen LogP) is 2.38. The van der Waals surface area contributed by atoms with Gasteiger partial charge in [-0.25, -0.2) is 0 Å². The van der Waals surface area contributed by atoms with Crippen LogP contribution in [0.15, 0.2) is 58.8 Å². The van der Waals surface area contributed by atoms with Gasteiger partial charge in [0.25, 0.3) is 0 Å². The van der Waals surface area contributed by atoms with Crippen LogP contribution in [0.5, 0.6) is 0 Å². The van der Waals surface area contributed by atoms with Crippen molar-refractivity contribution in [1.29, 1.82) is 0 Å². The van der Waals surface area contributed by atoms with Crippen LogP contribution in [-0.4, -0.2) is 48.6 Å². The SMILES string of the molecule is C(=NCCCNCCCN=Cc1ccccn1)c1ccccn1. The Labute approximate surface area is 137 Å². The van der Waals surface area contributed by atoms with Crippen molar-refractivity contribution in [1.82, 2.24) is 15.3 Å². The average molecular weight is 309 g/mol. The largest absolute Gasteiger partial charge is 0.317 e. The molecule has 0 aliphatic carbocycles. The molecule has 120 valence electrons. The number of rotatable bonds is 10. The van der Waals surface area contributed by atoms with Crippen molar-refractivity contribution >= 4 is 12.4 Å². The molecule has 0 radical (unpaired) electrons. The van der Waals surface area contributed by atoms with Gasteiger partial charge in [-0.3, -0.25) is 20.0 Å². The Hall–Kier alpha value is -2.40. The maximum Gasteiger partial charge on any atom is 0.0807 e. The molecule has 2 aromatic heterocycles. The molecule has 23 heavy (non-hydrogen) atoms. The van der Waals surface area contributed by atoms with Crippen molar-refractivity contribution < 1.29 is 0 Å². The van der Waals surface area contributed by atoms with E-state index in [0.29, 0.717) is 0 Å². The number of nitrogens with zero attached hydrogens (tertiary/aromatic N) is 4. The van der Waals surface area contributed by atoms with Crippen LogP contribution in [0.3, 0.4) is 0 Å². The van der Waals surface area contributed by atoms with Crippen molar-refractivity contribution in [2.45, 2.75) is 12.8 Å². The van der Waals surface area contributed by atoms with Crippen molar-refractivity contribution in [2.75, 3.05) is 26.2 Å². The lowest BCUT2D eigenvalue weighted by Gasteiger charge is -2.01. The second-order valence-corrected chi connectivity index (χ2v) is 5.04. The highest BCUT2D eigenvalue weighted by Crippen LogP contribution is 1.90. The zero-order valence-electron chi connectivity index (χ0n) is 13.3. The number of aromatic nitrogens is 2. The molecule has 0 spiro atoms. The summed E-state index contributed by atoms with van der Waals surface area (Å²) in [6, 6.07) is 11.6. The summed E-state index contributed by atoms with van der Waals surface area (Å²) in [6.07, 6.45) is 9.26. The van der Waals surface area contributed by atoms with Crippen molar-refractivity contribution in [2.24, 2.45) is 9.98 Å². The average Bonchev–Trinajstić information content (AvgIpc) is 2.61. The number of hydrogen-bond donors (Lipinski definition) is 1. The van der Waals surface area contributed by atoms with E-state index in [0.717, 1.165) is 50.4 Å². The fourth-order valence-electron chi connectivity index (χ4n) is 1.94. The highest BCUT2D eigenvalue weighted by atomic mass is 14.9. The van der Waals surface area contributed by atoms with Crippen LogP contribution in [0, 0.1) is 0 Å². The van der Waals surface area contributed by atoms with E-state index in [2.05, 4.69) is 25.3 Å². The second-order valence-electron chi connectivity index (χ2n) is 5.04. The first-order valence-electron chi connectivity index (χ1n) is 7.97. The molecule has 0 amide bonds. The van der Waals surface area contributed by atoms with Crippen LogP contribution in [0.4, 0.5) is 0 Å². The van der Waals surface area contributed by atoms with Crippen LogP contribution in [0.2, 0.25) is 0 Å². The van der Waals surface area contributed by atoms with E-state index in [1.54, 1.807) is 12.4 Å². The number of nitrogens with one attached hydrogen (secondary N) is 1. The molecule has 5 heteroatoms. The summed E-state index contributed by atoms with van der Waals surface area (Å²) >= 11 is 0. The van der Waals surface area contributed by atoms with E-state index in [1.165, 1.54) is 0 Å². The Balaban J connectivity index is 1.44. The zero-order valence-corrected chi connectivity index (χ0v) is 13.3. The molecule has 1 N–H and O–H groups in total. The van der Waals surface area contributed by atoms with E-state index in [-0.39, 0.29) is 0 Å². The normalized spacial score (nSPS) is 11.5. The highest BCUT2D eigenvalue weighted by Gasteiger charge is 1.89. The summed E-state index contributed by atoms with van der Waals surface area (Å²) in [5.41, 5.74) is 1.82. The van der Waals surface area contributed by atoms with Gasteiger partial charge in [0.05, 0.1) is 11.4 Å². The van der Waals surface area contributed by atoms with Crippen LogP contribution in [-0.2, 0) is 0 Å². The summed E-state index contributed by atoms with van der Waals surface area (Å²) < 4.78 is 0. The molecule has 0 atom stereocenters. The fourth-order valence-corrected chi connectivity index (χ4v) is 1.94. The Kier molecular flexibility index (Phi) is 8.26. The Morgan fingerprint density at radius 3 is 1.74 bits per heavy atom. The molecular formula is C18H23N5. The Morgan fingerprint density at radius 1 is 0.783 bits per heavy atom. The molecular weight excluding hydrogens is 286 g/mol. The molecule has 2 rings (SSSR count). The minimum atomic E-state index is 0.821. The molecule has 2 heterocycles. The molecule has 0 bridgehead atoms. The van der Waals surface area contributed by atoms with E-state index in [4.69, 9.17) is 0 Å². The first kappa shape index (κ1) is 17.0. The molecule has 5 nitrogen and oxygen atoms in total. The molecule has 0 unspecified atom stereocenters. The van der Waals surface area contributed by atoms with Gasteiger partial charge in [-0.05, 0) is 50.2 Å². The van der Waals surface area contributed by atoms with Crippen molar-refractivity contribution in [3.63, 3.8) is 0 Å². The van der Waals surface area contributed by atoms with E-state index in [9.17, 15) is 0 Å². The smallest absolute Gasteiger partial charge is 0.0807 e. The summed E-state index contributed by atoms with van der Waals surface area (Å²) in [5, 5.41) is 3.40. The van der Waals surface area contributed by atoms with E-state index >= 15 is 0 Å². The third-order valence-electron chi connectivity index (χ3n) is 3.10. The molecule has 0 saturated carbocycles. The third-order valence-corrected chi connectivity index (χ3v) is 3.10. The highest BCUT2D eigenvalue weighted by molar-refractivity contribution is 5.77. The van der Waals surface area contributed by atoms with Gasteiger partial charge in [0.1, 0.15) is 0 Å². The number of hydrogen-bond acceptors (Lipinski definition) is 5. The summed E-state index contributed by atoms with van der Waals surface area (Å²) in [6.45, 7) is 3.59. The lowest BCUT2D eigenvalue weighted by molar-refractivity contribution is 0.633. The van der Waals surface area contributed by atoms with Crippen LogP contribution < -0.4 is 5.32 Å². The molecule has 0 fully saturated rings. The van der Waals surface area contributed by atoms with Gasteiger partial charge in [0.2, 0.25) is 0 Å². The fraction of sp³-hybridized carbons (Fsp3) is 0.333. The minimum absolute atomic E-state index is 0.821. The van der Waals surface area contributed by atoms with E-state index < -0.39 is 0 Å². The lowest BCUT2D eigenvalue weighted by Crippen LogP contribution is -2.18. The molecule has 2 aromatic rings. The van der Waals surface area contributed by atoms with Crippen LogP contribution in [0.25, 0.3) is 0 Å². The molecule has 0 aliphatic rings. The third kappa shape index (κ3) is 7.97. The van der Waals surface area contributed by atoms with Crippen LogP contribution >= 0.6 is 0 Å². The molecule has 0 aliphatic heterocycles. The van der Waals surface area contributed by atoms with Gasteiger partial charge in [-0.15, -0.1) is 0 Å². The van der Waals surface area contributed by atoms with Gasteiger partial charge in [0, 0.05) is 37.9 Å². The van der Waals surface area contributed by atoms with Crippen LogP contribution in [0.1, 0.15) is 24.2 Å². The standard InChI is InChI=1S/C18H23N5/c1-3-13-22-17(7-1)15-20-11-5-9-19-10-6-12-21-16-18-8-2-4-14-23-18/h1-4,7-8,13-16,19H,5-6,9-12H2. The Morgan fingerprint density at radius 2 is 1.30 bits per heavy atom. The minimum Gasteiger partial charge on any atom is -0.317 e. The summed E-state index contributed by atoms with van der Waals surface area (Å²) in [4.78, 5) is 17.1. The second kappa shape index (κ2) is 11.2. The Bertz CT molecular complexity index is 527. The first-order valence-corrected chi connectivity index (χ1v) is 7.97. The first-order chi connectivity index (χ1) is 11.4. The van der Waals surface area contributed by atoms with Crippen molar-refractivity contribution in [3.8, 4) is 0 Å². The monoisotopic (exact) mass is 309 g/mol. The lowest BCUT2D eigenvalue weighted by atomic mass is 10.3. The topological polar surface area (TPSA) is 62.5 Å². The van der Waals surface area contributed by atoms with Gasteiger partial charge >= 0.3 is 0 Å². The quantitative estimate of drug-likeness (QED) is 0.541. The van der Waals surface area contributed by atoms with Gasteiger partial charge in [-0.2, -0.15) is 0 Å². The predicted molar refractivity (Wildman–Crippen MR) is 95.5 cm³/mol. The summed E-state index contributed by atoms with van der Waals surface area (Å²) in [5.74, 6) is 0. The van der Waals surface area contributed by atoms with Crippen molar-refractivity contribution in [3.05, 3.63) is 60.2 Å². The van der Waals surface area contributed by atoms with E-state index in [1.807, 2.05) is 48.8 Å². The van der Waals surface area contributed by atoms with Gasteiger partial charge < -0.3 is 5.32 Å². The zero-order chi connectivity index (χ0) is 16.0. The number of aliphatic imine (C=N–C) groups is 2. The maximum atomic E-state index is 4.36. The summed E-state index contributed by atoms with van der Waals surface area (Å²) in [7, 11) is 0. The van der Waals surface area contributed by atoms with Gasteiger partial charge in [0.15, 0.2) is 0 Å². The number of pyridine rings is 2. The van der Waals surface area contributed by atoms with Gasteiger partial charge in [-0.1, -0.05) is 12.1 Å².